The molecule has 8 nitrogen and oxygen atoms in total. The molecule has 4 rings (SSSR count). The normalized spacial score (nSPS) is 17.5. The predicted molar refractivity (Wildman–Crippen MR) is 138 cm³/mol. The highest BCUT2D eigenvalue weighted by Crippen LogP contribution is 2.26. The zero-order valence-corrected chi connectivity index (χ0v) is 22.3. The highest BCUT2D eigenvalue weighted by atomic mass is 35.5. The van der Waals surface area contributed by atoms with Gasteiger partial charge in [0.05, 0.1) is 7.11 Å². The second-order valence-electron chi connectivity index (χ2n) is 9.24. The van der Waals surface area contributed by atoms with Gasteiger partial charge in [-0.05, 0) is 58.0 Å². The van der Waals surface area contributed by atoms with Gasteiger partial charge in [-0.15, -0.1) is 12.4 Å². The van der Waals surface area contributed by atoms with Crippen LogP contribution in [0.3, 0.4) is 0 Å². The largest absolute Gasteiger partial charge is 1.00 e. The number of halogens is 3. The van der Waals surface area contributed by atoms with Crippen LogP contribution in [0.25, 0.3) is 0 Å². The third-order valence-corrected chi connectivity index (χ3v) is 6.77. The van der Waals surface area contributed by atoms with Crippen LogP contribution in [0.2, 0.25) is 0 Å². The van der Waals surface area contributed by atoms with Gasteiger partial charge in [0.15, 0.2) is 11.6 Å². The number of hydrogen-bond acceptors (Lipinski definition) is 8. The van der Waals surface area contributed by atoms with Gasteiger partial charge in [-0.1, -0.05) is 25.7 Å². The van der Waals surface area contributed by atoms with Crippen molar-refractivity contribution in [3.8, 4) is 5.75 Å². The minimum atomic E-state index is -0.433. The van der Waals surface area contributed by atoms with E-state index >= 15 is 0 Å². The lowest BCUT2D eigenvalue weighted by Gasteiger charge is -2.35. The summed E-state index contributed by atoms with van der Waals surface area (Å²) in [5.74, 6) is 1.38. The van der Waals surface area contributed by atoms with Crippen LogP contribution < -0.4 is 32.7 Å². The lowest BCUT2D eigenvalue weighted by Crippen LogP contribution is -3.00. The minimum Gasteiger partial charge on any atom is -1.00 e. The van der Waals surface area contributed by atoms with E-state index in [-0.39, 0.29) is 32.0 Å². The minimum absolute atomic E-state index is 0. The Balaban J connectivity index is 0.00000216. The number of benzene rings is 1. The molecule has 2 aliphatic rings. The van der Waals surface area contributed by atoms with E-state index < -0.39 is 5.82 Å². The number of piperidine rings is 1. The van der Waals surface area contributed by atoms with Gasteiger partial charge >= 0.3 is 1.43 Å². The fourth-order valence-corrected chi connectivity index (χ4v) is 4.67. The van der Waals surface area contributed by atoms with Crippen molar-refractivity contribution < 1.29 is 23.0 Å². The van der Waals surface area contributed by atoms with Gasteiger partial charge in [0, 0.05) is 30.9 Å². The predicted octanol–water partition coefficient (Wildman–Crippen LogP) is 1.97. The Kier molecular flexibility index (Phi) is 11.5. The maximum Gasteiger partial charge on any atom is 1.00 e. The fraction of sp³-hybridized carbons (Fsp3) is 0.625. The third kappa shape index (κ3) is 7.95. The molecular weight excluding hydrogens is 492 g/mol. The molecule has 1 aliphatic carbocycles. The molecule has 0 radical (unpaired) electrons. The first-order chi connectivity index (χ1) is 16.0. The molecule has 35 heavy (non-hydrogen) atoms. The molecule has 0 amide bonds. The molecular formula is C24H38Cl2FN7O. The van der Waals surface area contributed by atoms with Crippen LogP contribution in [0, 0.1) is 5.82 Å². The van der Waals surface area contributed by atoms with E-state index in [1.807, 2.05) is 0 Å². The summed E-state index contributed by atoms with van der Waals surface area (Å²) in [4.78, 5) is 18.6. The average Bonchev–Trinajstić information content (AvgIpc) is 3.08. The number of ether oxygens (including phenoxy) is 1. The van der Waals surface area contributed by atoms with Crippen LogP contribution in [0.1, 0.15) is 52.8 Å². The molecule has 196 valence electrons. The van der Waals surface area contributed by atoms with Crippen LogP contribution in [0.15, 0.2) is 18.2 Å². The number of methoxy groups -OCH3 is 1. The summed E-state index contributed by atoms with van der Waals surface area (Å²) >= 11 is 0. The van der Waals surface area contributed by atoms with E-state index in [1.165, 1.54) is 38.9 Å². The number of hydrogen-bond donors (Lipinski definition) is 2. The topological polar surface area (TPSA) is 78.4 Å². The van der Waals surface area contributed by atoms with Crippen LogP contribution in [0.5, 0.6) is 5.75 Å². The maximum absolute atomic E-state index is 14.2. The zero-order chi connectivity index (χ0) is 23.2. The molecule has 1 aliphatic heterocycles. The Labute approximate surface area is 221 Å². The number of aromatic nitrogens is 3. The number of nitrogens with zero attached hydrogens (tertiary/aromatic N) is 5. The summed E-state index contributed by atoms with van der Waals surface area (Å²) in [6, 6.07) is 5.48. The molecule has 0 spiro atoms. The van der Waals surface area contributed by atoms with E-state index in [2.05, 4.69) is 39.5 Å². The van der Waals surface area contributed by atoms with Crippen molar-refractivity contribution in [2.75, 3.05) is 49.8 Å². The molecule has 2 heterocycles. The van der Waals surface area contributed by atoms with Crippen molar-refractivity contribution in [3.05, 3.63) is 24.0 Å². The first-order valence-corrected chi connectivity index (χ1v) is 12.1. The van der Waals surface area contributed by atoms with Gasteiger partial charge in [0.25, 0.3) is 0 Å². The summed E-state index contributed by atoms with van der Waals surface area (Å²) in [5.41, 5.74) is 0.563. The van der Waals surface area contributed by atoms with Crippen LogP contribution in [-0.4, -0.2) is 66.2 Å². The van der Waals surface area contributed by atoms with Gasteiger partial charge < -0.3 is 37.6 Å². The van der Waals surface area contributed by atoms with Crippen LogP contribution in [0.4, 0.5) is 27.9 Å². The van der Waals surface area contributed by atoms with E-state index in [0.29, 0.717) is 35.6 Å². The van der Waals surface area contributed by atoms with Crippen molar-refractivity contribution >= 4 is 35.9 Å². The van der Waals surface area contributed by atoms with Crippen LogP contribution >= 0.6 is 12.4 Å². The second kappa shape index (κ2) is 13.8. The van der Waals surface area contributed by atoms with E-state index in [0.717, 1.165) is 38.8 Å². The van der Waals surface area contributed by atoms with Gasteiger partial charge in [0.1, 0.15) is 0 Å². The Hall–Kier alpha value is -2.10. The average molecular weight is 531 g/mol. The van der Waals surface area contributed by atoms with Crippen molar-refractivity contribution in [1.82, 2.24) is 19.9 Å². The summed E-state index contributed by atoms with van der Waals surface area (Å²) in [7, 11) is 5.66. The Morgan fingerprint density at radius 3 is 2.31 bits per heavy atom. The van der Waals surface area contributed by atoms with Crippen molar-refractivity contribution in [2.45, 2.75) is 63.5 Å². The standard InChI is InChI=1S/C24H36FN7O.2ClH/c1-31-14-12-19(13-15-31)32(2)24-29-22(26-17-8-6-4-5-7-9-17)28-23(30-24)27-18-10-11-21(33-3)20(25)16-18;;/h10-11,16-17,19H,4-9,12-15H2,1-3H3,(H2,26,27,28,29,30);2*1H. The summed E-state index contributed by atoms with van der Waals surface area (Å²) in [6.07, 6.45) is 9.40. The van der Waals surface area contributed by atoms with Crippen molar-refractivity contribution in [1.29, 1.82) is 0 Å². The van der Waals surface area contributed by atoms with Crippen molar-refractivity contribution in [2.24, 2.45) is 0 Å². The number of rotatable bonds is 7. The zero-order valence-electron chi connectivity index (χ0n) is 21.8. The Morgan fingerprint density at radius 2 is 1.69 bits per heavy atom. The van der Waals surface area contributed by atoms with E-state index in [9.17, 15) is 4.39 Å². The molecule has 11 heteroatoms. The third-order valence-electron chi connectivity index (χ3n) is 6.77. The van der Waals surface area contributed by atoms with Gasteiger partial charge in [-0.2, -0.15) is 15.0 Å². The van der Waals surface area contributed by atoms with Crippen LogP contribution in [-0.2, 0) is 0 Å². The first kappa shape index (κ1) is 29.1. The molecule has 0 atom stereocenters. The lowest BCUT2D eigenvalue weighted by molar-refractivity contribution is -0.00000821. The quantitative estimate of drug-likeness (QED) is 0.527. The number of likely N-dealkylation sites (tertiary alicyclic amines) is 1. The van der Waals surface area contributed by atoms with Gasteiger partial charge in [-0.25, -0.2) is 4.39 Å². The molecule has 2 aromatic rings. The smallest absolute Gasteiger partial charge is 1.00 e. The number of nitrogens with one attached hydrogen (secondary N) is 2. The molecule has 2 fully saturated rings. The molecule has 2 N–H and O–H groups in total. The first-order valence-electron chi connectivity index (χ1n) is 12.1. The molecule has 0 bridgehead atoms. The summed E-state index contributed by atoms with van der Waals surface area (Å²) < 4.78 is 19.2. The fourth-order valence-electron chi connectivity index (χ4n) is 4.67. The van der Waals surface area contributed by atoms with Gasteiger partial charge in [0.2, 0.25) is 17.8 Å². The highest BCUT2D eigenvalue weighted by molar-refractivity contribution is 5.85. The Bertz CT molecular complexity index is 929. The van der Waals surface area contributed by atoms with Gasteiger partial charge in [-0.3, -0.25) is 0 Å². The maximum atomic E-state index is 14.2. The molecule has 0 unspecified atom stereocenters. The highest BCUT2D eigenvalue weighted by Gasteiger charge is 2.24. The number of anilines is 4. The lowest BCUT2D eigenvalue weighted by atomic mass is 10.0. The second-order valence-corrected chi connectivity index (χ2v) is 9.24. The molecule has 1 aromatic heterocycles. The van der Waals surface area contributed by atoms with E-state index in [1.54, 1.807) is 12.1 Å². The summed E-state index contributed by atoms with van der Waals surface area (Å²) in [5, 5.41) is 6.71. The SMILES string of the molecule is COc1ccc(Nc2nc(NC3CCCCCC3)nc(N(C)C3CCN(C)CC3)n2)cc1F.Cl.[Cl-].[H+]. The monoisotopic (exact) mass is 529 g/mol. The summed E-state index contributed by atoms with van der Waals surface area (Å²) in [6.45, 7) is 2.12. The Morgan fingerprint density at radius 1 is 1.03 bits per heavy atom. The molecule has 1 aromatic carbocycles. The van der Waals surface area contributed by atoms with Crippen molar-refractivity contribution in [3.63, 3.8) is 0 Å². The van der Waals surface area contributed by atoms with E-state index in [4.69, 9.17) is 14.7 Å². The molecule has 1 saturated carbocycles. The molecule has 1 saturated heterocycles.